The van der Waals surface area contributed by atoms with Crippen LogP contribution >= 0.6 is 23.5 Å². The van der Waals surface area contributed by atoms with Crippen molar-refractivity contribution in [1.29, 1.82) is 0 Å². The number of aliphatic hydroxyl groups excluding tert-OH is 2. The molecule has 11 N–H and O–H groups in total. The van der Waals surface area contributed by atoms with E-state index in [1.54, 1.807) is 0 Å². The van der Waals surface area contributed by atoms with Gasteiger partial charge in [-0.3, -0.25) is 9.09 Å². The first kappa shape index (κ1) is 29.8. The third-order valence-corrected chi connectivity index (χ3v) is 7.62. The highest BCUT2D eigenvalue weighted by atomic mass is 31.3. The lowest BCUT2D eigenvalue weighted by Crippen LogP contribution is -2.33. The van der Waals surface area contributed by atoms with Gasteiger partial charge in [0.1, 0.15) is 30.2 Å². The highest BCUT2D eigenvalue weighted by molar-refractivity contribution is 7.66. The number of aromatic nitrogens is 4. The zero-order valence-corrected chi connectivity index (χ0v) is 19.5. The van der Waals surface area contributed by atoms with Gasteiger partial charge in [0.05, 0.1) is 12.9 Å². The van der Waals surface area contributed by atoms with Crippen LogP contribution in [0.2, 0.25) is 0 Å². The molecule has 25 heteroatoms. The molecule has 21 nitrogen and oxygen atoms in total. The van der Waals surface area contributed by atoms with Crippen LogP contribution in [0.15, 0.2) is 12.7 Å². The fourth-order valence-electron chi connectivity index (χ4n) is 2.62. The number of nitrogens with zero attached hydrogens (tertiary/aromatic N) is 4. The van der Waals surface area contributed by atoms with Gasteiger partial charge < -0.3 is 55.3 Å². The monoisotopic (exact) mass is 569 g/mol. The number of hydrogen-bond donors (Lipinski definition) is 10. The minimum Gasteiger partial charge on any atom is -0.402 e. The molecule has 3 rings (SSSR count). The third kappa shape index (κ3) is 8.59. The number of hydrogen-bond acceptors (Lipinski definition) is 16. The number of nitrogens with two attached hydrogens (primary N) is 1. The molecule has 3 heterocycles. The maximum atomic E-state index is 11.8. The molecule has 2 aromatic rings. The molecule has 6 atom stereocenters. The highest BCUT2D eigenvalue weighted by Crippen LogP contribution is 2.66. The number of ether oxygens (including phenoxy) is 1. The van der Waals surface area contributed by atoms with Gasteiger partial charge in [-0.1, -0.05) is 0 Å². The Morgan fingerprint density at radius 3 is 2.17 bits per heavy atom. The van der Waals surface area contributed by atoms with Crippen LogP contribution in [0.5, 0.6) is 0 Å². The quantitative estimate of drug-likeness (QED) is 0.108. The molecule has 0 amide bonds. The fraction of sp³-hybridized carbons (Fsp3) is 0.500. The summed E-state index contributed by atoms with van der Waals surface area (Å²) in [4.78, 5) is 47.2. The first-order chi connectivity index (χ1) is 15.9. The molecule has 2 aromatic heterocycles. The van der Waals surface area contributed by atoms with Crippen molar-refractivity contribution < 1.29 is 76.4 Å². The van der Waals surface area contributed by atoms with E-state index in [9.17, 15) is 28.8 Å². The van der Waals surface area contributed by atoms with Crippen molar-refractivity contribution in [2.75, 3.05) is 12.3 Å². The van der Waals surface area contributed by atoms with E-state index in [2.05, 4.69) is 28.1 Å². The van der Waals surface area contributed by atoms with E-state index < -0.39 is 61.9 Å². The van der Waals surface area contributed by atoms with Crippen molar-refractivity contribution in [2.45, 2.75) is 24.5 Å². The van der Waals surface area contributed by atoms with Crippen LogP contribution in [-0.2, 0) is 31.6 Å². The number of anilines is 1. The van der Waals surface area contributed by atoms with Gasteiger partial charge >= 0.3 is 30.8 Å². The SMILES string of the molecule is Nc1ncnc2c1ncn2[C@@H]1O[C@H](COP(=O)(O)OP(=O)(O)OP(=O)(O)O)[C@@H](O)[C@H]1O.OB(O)O. The molecule has 198 valence electrons. The van der Waals surface area contributed by atoms with Crippen molar-refractivity contribution in [3.8, 4) is 0 Å². The summed E-state index contributed by atoms with van der Waals surface area (Å²) in [5.74, 6) is 0.0426. The molecule has 0 aromatic carbocycles. The second kappa shape index (κ2) is 11.3. The zero-order valence-electron chi connectivity index (χ0n) is 16.8. The van der Waals surface area contributed by atoms with Crippen LogP contribution in [0.25, 0.3) is 11.2 Å². The van der Waals surface area contributed by atoms with E-state index in [1.165, 1.54) is 10.9 Å². The van der Waals surface area contributed by atoms with Crippen LogP contribution in [0.3, 0.4) is 0 Å². The molecule has 1 saturated heterocycles. The second-order valence-corrected chi connectivity index (χ2v) is 10.8. The summed E-state index contributed by atoms with van der Waals surface area (Å²) in [5.41, 5.74) is 6.00. The minimum atomic E-state index is -5.70. The van der Waals surface area contributed by atoms with E-state index in [0.717, 1.165) is 6.33 Å². The lowest BCUT2D eigenvalue weighted by atomic mass is 10.1. The van der Waals surface area contributed by atoms with Crippen molar-refractivity contribution in [1.82, 2.24) is 19.5 Å². The van der Waals surface area contributed by atoms with Crippen molar-refractivity contribution in [3.63, 3.8) is 0 Å². The molecular formula is C10H19BN5O16P3. The molecule has 0 spiro atoms. The normalized spacial score (nSPS) is 26.0. The lowest BCUT2D eigenvalue weighted by Gasteiger charge is -2.19. The van der Waals surface area contributed by atoms with Gasteiger partial charge in [0.2, 0.25) is 0 Å². The Morgan fingerprint density at radius 2 is 1.60 bits per heavy atom. The van der Waals surface area contributed by atoms with Gasteiger partial charge in [0, 0.05) is 0 Å². The first-order valence-corrected chi connectivity index (χ1v) is 13.2. The molecule has 1 aliphatic rings. The summed E-state index contributed by atoms with van der Waals surface area (Å²) in [6.07, 6.45) is -3.69. The van der Waals surface area contributed by atoms with Gasteiger partial charge in [-0.25, -0.2) is 28.6 Å². The van der Waals surface area contributed by atoms with E-state index in [0.29, 0.717) is 0 Å². The number of phosphoric acid groups is 3. The van der Waals surface area contributed by atoms with Crippen molar-refractivity contribution in [3.05, 3.63) is 12.7 Å². The molecule has 0 aliphatic carbocycles. The Labute approximate surface area is 194 Å². The molecule has 0 saturated carbocycles. The Balaban J connectivity index is 0.00000100. The number of aliphatic hydroxyl groups is 2. The van der Waals surface area contributed by atoms with Crippen molar-refractivity contribution >= 4 is 47.8 Å². The number of rotatable bonds is 8. The summed E-state index contributed by atoms with van der Waals surface area (Å²) in [7, 11) is -18.8. The number of fused-ring (bicyclic) bond motifs is 1. The third-order valence-electron chi connectivity index (χ3n) is 3.82. The Morgan fingerprint density at radius 1 is 1.00 bits per heavy atom. The fourth-order valence-corrected chi connectivity index (χ4v) is 5.65. The van der Waals surface area contributed by atoms with Gasteiger partial charge in [-0.15, -0.1) is 0 Å². The molecule has 0 bridgehead atoms. The number of imidazole rings is 1. The smallest absolute Gasteiger partial charge is 0.402 e. The zero-order chi connectivity index (χ0) is 26.8. The summed E-state index contributed by atoms with van der Waals surface area (Å²) in [6, 6.07) is 0. The first-order valence-electron chi connectivity index (χ1n) is 8.69. The maximum Gasteiger partial charge on any atom is 0.631 e. The van der Waals surface area contributed by atoms with Gasteiger partial charge in [0.25, 0.3) is 0 Å². The van der Waals surface area contributed by atoms with Crippen molar-refractivity contribution in [2.24, 2.45) is 0 Å². The summed E-state index contributed by atoms with van der Waals surface area (Å²) in [6.45, 7) is -0.956. The van der Waals surface area contributed by atoms with E-state index in [-0.39, 0.29) is 17.0 Å². The van der Waals surface area contributed by atoms with Crippen LogP contribution in [-0.4, -0.2) is 96.6 Å². The standard InChI is InChI=1S/C10H16N5O13P3.BH3O3/c11-8-5-9(13-2-12-8)15(3-14-5)10-7(17)6(16)4(26-10)1-25-30(21,22)28-31(23,24)27-29(18,19)20;2-1(3)4/h2-4,6-7,10,16-17H,1H2,(H,21,22)(H,23,24)(H2,11,12,13)(H2,18,19,20);2-4H/t4-,6-,7-,10-;/m1./s1. The minimum absolute atomic E-state index is 0.0426. The number of nitrogen functional groups attached to an aromatic ring is 1. The Hall–Kier alpha value is -1.42. The van der Waals surface area contributed by atoms with E-state index in [4.69, 9.17) is 40.2 Å². The molecule has 0 radical (unpaired) electrons. The van der Waals surface area contributed by atoms with Gasteiger partial charge in [-0.2, -0.15) is 8.62 Å². The molecular weight excluding hydrogens is 550 g/mol. The average Bonchev–Trinajstić information content (AvgIpc) is 3.20. The van der Waals surface area contributed by atoms with E-state index in [1.807, 2.05) is 0 Å². The number of phosphoric ester groups is 1. The highest BCUT2D eigenvalue weighted by Gasteiger charge is 2.47. The van der Waals surface area contributed by atoms with Gasteiger partial charge in [0.15, 0.2) is 17.7 Å². The largest absolute Gasteiger partial charge is 0.631 e. The molecule has 2 unspecified atom stereocenters. The molecule has 1 fully saturated rings. The average molecular weight is 569 g/mol. The second-order valence-electron chi connectivity index (χ2n) is 6.36. The van der Waals surface area contributed by atoms with Crippen LogP contribution in [0.1, 0.15) is 6.23 Å². The van der Waals surface area contributed by atoms with Gasteiger partial charge in [-0.05, 0) is 0 Å². The lowest BCUT2D eigenvalue weighted by molar-refractivity contribution is -0.0503. The Bertz CT molecular complexity index is 1160. The maximum absolute atomic E-state index is 11.8. The Kier molecular flexibility index (Phi) is 9.64. The predicted molar refractivity (Wildman–Crippen MR) is 108 cm³/mol. The summed E-state index contributed by atoms with van der Waals surface area (Å²) in [5, 5.41) is 41.9. The van der Waals surface area contributed by atoms with Crippen LogP contribution in [0.4, 0.5) is 5.82 Å². The topological polar surface area (TPSA) is 340 Å². The van der Waals surface area contributed by atoms with Crippen LogP contribution < -0.4 is 5.73 Å². The predicted octanol–water partition coefficient (Wildman–Crippen LogP) is -3.68. The van der Waals surface area contributed by atoms with Crippen LogP contribution in [0, 0.1) is 0 Å². The molecule has 35 heavy (non-hydrogen) atoms. The summed E-state index contributed by atoms with van der Waals surface area (Å²) >= 11 is 0. The molecule has 1 aliphatic heterocycles. The van der Waals surface area contributed by atoms with E-state index >= 15 is 0 Å². The summed E-state index contributed by atoms with van der Waals surface area (Å²) < 4.78 is 51.9.